The van der Waals surface area contributed by atoms with Crippen molar-refractivity contribution in [3.63, 3.8) is 0 Å². The molecule has 0 spiro atoms. The summed E-state index contributed by atoms with van der Waals surface area (Å²) < 4.78 is 1.22. The van der Waals surface area contributed by atoms with Crippen LogP contribution in [0, 0.1) is 5.41 Å². The highest BCUT2D eigenvalue weighted by atomic mass is 16.3. The number of rotatable bonds is 1. The molecule has 1 aromatic heterocycles. The number of nitrogens with zero attached hydrogens (tertiary/aromatic N) is 2. The van der Waals surface area contributed by atoms with Gasteiger partial charge >= 0.3 is 0 Å². The van der Waals surface area contributed by atoms with Gasteiger partial charge in [0.15, 0.2) is 0 Å². The van der Waals surface area contributed by atoms with Crippen LogP contribution in [0.3, 0.4) is 0 Å². The van der Waals surface area contributed by atoms with E-state index in [2.05, 4.69) is 0 Å². The maximum Gasteiger partial charge on any atom is 0.265 e. The van der Waals surface area contributed by atoms with Crippen LogP contribution in [0.1, 0.15) is 0 Å². The highest BCUT2D eigenvalue weighted by molar-refractivity contribution is 5.54. The number of hydrogen-bond donors (Lipinski definition) is 1. The fourth-order valence-corrected chi connectivity index (χ4v) is 0.852. The van der Waals surface area contributed by atoms with Crippen LogP contribution < -0.4 is 14.6 Å². The number of nitrogens with one attached hydrogen (secondary N) is 1. The number of aromatic nitrogens is 1. The van der Waals surface area contributed by atoms with E-state index in [1.165, 1.54) is 4.57 Å². The summed E-state index contributed by atoms with van der Waals surface area (Å²) in [7, 11) is 3.84. The second-order valence-corrected chi connectivity index (χ2v) is 2.66. The molecule has 0 aliphatic carbocycles. The summed E-state index contributed by atoms with van der Waals surface area (Å²) >= 11 is 0. The number of anilines is 1. The summed E-state index contributed by atoms with van der Waals surface area (Å²) in [6, 6.07) is 2.85. The molecule has 0 saturated carbocycles. The van der Waals surface area contributed by atoms with Crippen molar-refractivity contribution in [1.82, 2.24) is 0 Å². The third-order valence-electron chi connectivity index (χ3n) is 1.56. The van der Waals surface area contributed by atoms with Crippen LogP contribution in [0.5, 0.6) is 0 Å². The van der Waals surface area contributed by atoms with E-state index in [9.17, 15) is 5.11 Å². The van der Waals surface area contributed by atoms with Gasteiger partial charge < -0.3 is 10.0 Å². The Hall–Kier alpha value is -1.58. The van der Waals surface area contributed by atoms with Gasteiger partial charge in [-0.1, -0.05) is 0 Å². The van der Waals surface area contributed by atoms with Crippen molar-refractivity contribution in [2.45, 2.75) is 0 Å². The molecule has 0 aliphatic heterocycles. The number of hydrogen-bond acceptors (Lipinski definition) is 3. The molecule has 0 atom stereocenters. The Morgan fingerprint density at radius 1 is 1.42 bits per heavy atom. The van der Waals surface area contributed by atoms with E-state index in [-0.39, 0.29) is 0 Å². The van der Waals surface area contributed by atoms with Crippen LogP contribution in [0.4, 0.5) is 5.69 Å². The highest BCUT2D eigenvalue weighted by Crippen LogP contribution is 2.05. The van der Waals surface area contributed by atoms with E-state index in [4.69, 9.17) is 5.41 Å². The van der Waals surface area contributed by atoms with Gasteiger partial charge in [0.1, 0.15) is 0 Å². The first-order valence-electron chi connectivity index (χ1n) is 3.56. The molecular weight excluding hydrogens is 154 g/mol. The molecule has 1 N–H and O–H groups in total. The Kier molecular flexibility index (Phi) is 2.28. The van der Waals surface area contributed by atoms with Crippen LogP contribution in [-0.4, -0.2) is 20.1 Å². The van der Waals surface area contributed by atoms with Gasteiger partial charge in [-0.2, -0.15) is 0 Å². The van der Waals surface area contributed by atoms with Crippen molar-refractivity contribution in [2.75, 3.05) is 19.0 Å². The molecule has 0 amide bonds. The SMILES string of the molecule is CN(C)c1cc[n+](C(=N)[O-])cc1. The smallest absolute Gasteiger partial charge is 0.265 e. The highest BCUT2D eigenvalue weighted by Gasteiger charge is 1.97. The first-order chi connectivity index (χ1) is 5.61. The first-order valence-corrected chi connectivity index (χ1v) is 3.56. The van der Waals surface area contributed by atoms with E-state index in [0.717, 1.165) is 5.69 Å². The Labute approximate surface area is 71.2 Å². The van der Waals surface area contributed by atoms with E-state index in [0.29, 0.717) is 0 Å². The molecule has 1 aromatic rings. The van der Waals surface area contributed by atoms with Crippen molar-refractivity contribution in [2.24, 2.45) is 0 Å². The molecule has 0 unspecified atom stereocenters. The lowest BCUT2D eigenvalue weighted by Crippen LogP contribution is -2.49. The molecule has 1 heterocycles. The minimum Gasteiger partial charge on any atom is -0.807 e. The van der Waals surface area contributed by atoms with Crippen LogP contribution in [-0.2, 0) is 0 Å². The maximum atomic E-state index is 10.5. The van der Waals surface area contributed by atoms with E-state index < -0.39 is 6.02 Å². The summed E-state index contributed by atoms with van der Waals surface area (Å²) in [5.41, 5.74) is 1.01. The van der Waals surface area contributed by atoms with Crippen LogP contribution in [0.2, 0.25) is 0 Å². The molecule has 4 nitrogen and oxygen atoms in total. The van der Waals surface area contributed by atoms with Crippen molar-refractivity contribution in [3.8, 4) is 0 Å². The van der Waals surface area contributed by atoms with Gasteiger partial charge in [-0.3, -0.25) is 0 Å². The molecule has 4 heteroatoms. The Morgan fingerprint density at radius 2 is 1.92 bits per heavy atom. The van der Waals surface area contributed by atoms with Gasteiger partial charge in [0, 0.05) is 31.9 Å². The third kappa shape index (κ3) is 1.72. The average molecular weight is 165 g/mol. The zero-order valence-electron chi connectivity index (χ0n) is 7.11. The maximum absolute atomic E-state index is 10.5. The molecule has 0 fully saturated rings. The van der Waals surface area contributed by atoms with Crippen LogP contribution in [0.25, 0.3) is 0 Å². The summed E-state index contributed by atoms with van der Waals surface area (Å²) in [5.74, 6) is 0. The summed E-state index contributed by atoms with van der Waals surface area (Å²) in [5, 5.41) is 17.3. The fourth-order valence-electron chi connectivity index (χ4n) is 0.852. The first kappa shape index (κ1) is 8.52. The molecule has 1 rings (SSSR count). The minimum absolute atomic E-state index is 0.722. The van der Waals surface area contributed by atoms with Gasteiger partial charge in [0.25, 0.3) is 6.02 Å². The lowest BCUT2D eigenvalue weighted by molar-refractivity contribution is -0.615. The molecule has 0 bridgehead atoms. The lowest BCUT2D eigenvalue weighted by atomic mass is 10.4. The lowest BCUT2D eigenvalue weighted by Gasteiger charge is -2.11. The summed E-state index contributed by atoms with van der Waals surface area (Å²) in [6.45, 7) is 0. The van der Waals surface area contributed by atoms with Crippen LogP contribution in [0.15, 0.2) is 24.5 Å². The topological polar surface area (TPSA) is 54.0 Å². The standard InChI is InChI=1S/C8H11N3O/c1-10(2)7-3-5-11(6-4-7)8(9)12/h3-6H,1-2H3,(H-,9,12). The van der Waals surface area contributed by atoms with Gasteiger partial charge in [0.05, 0.1) is 12.4 Å². The minimum atomic E-state index is -0.722. The second kappa shape index (κ2) is 3.21. The average Bonchev–Trinajstić information content (AvgIpc) is 2.04. The third-order valence-corrected chi connectivity index (χ3v) is 1.56. The van der Waals surface area contributed by atoms with Gasteiger partial charge in [-0.05, 0) is 0 Å². The molecule has 0 saturated heterocycles. The summed E-state index contributed by atoms with van der Waals surface area (Å²) in [4.78, 5) is 1.93. The normalized spacial score (nSPS) is 9.50. The second-order valence-electron chi connectivity index (χ2n) is 2.66. The zero-order chi connectivity index (χ0) is 9.14. The Morgan fingerprint density at radius 3 is 2.25 bits per heavy atom. The van der Waals surface area contributed by atoms with E-state index in [1.807, 2.05) is 19.0 Å². The molecule has 0 aliphatic rings. The van der Waals surface area contributed by atoms with E-state index >= 15 is 0 Å². The van der Waals surface area contributed by atoms with Crippen molar-refractivity contribution >= 4 is 11.7 Å². The molecule has 12 heavy (non-hydrogen) atoms. The fraction of sp³-hybridized carbons (Fsp3) is 0.250. The Balaban J connectivity index is 2.93. The predicted octanol–water partition coefficient (Wildman–Crippen LogP) is -0.817. The van der Waals surface area contributed by atoms with Gasteiger partial charge in [0.2, 0.25) is 0 Å². The van der Waals surface area contributed by atoms with Gasteiger partial charge in [-0.25, -0.2) is 4.57 Å². The zero-order valence-corrected chi connectivity index (χ0v) is 7.11. The largest absolute Gasteiger partial charge is 0.807 e. The van der Waals surface area contributed by atoms with E-state index in [1.54, 1.807) is 24.5 Å². The van der Waals surface area contributed by atoms with Crippen LogP contribution >= 0.6 is 0 Å². The number of pyridine rings is 1. The van der Waals surface area contributed by atoms with Crippen molar-refractivity contribution < 1.29 is 9.67 Å². The van der Waals surface area contributed by atoms with Crippen molar-refractivity contribution in [3.05, 3.63) is 24.5 Å². The van der Waals surface area contributed by atoms with Gasteiger partial charge in [-0.15, -0.1) is 5.41 Å². The molecule has 0 radical (unpaired) electrons. The summed E-state index contributed by atoms with van der Waals surface area (Å²) in [6.07, 6.45) is 3.15. The molecule has 64 valence electrons. The quantitative estimate of drug-likeness (QED) is 0.336. The molecular formula is C8H11N3O. The Bertz CT molecular complexity index is 279. The monoisotopic (exact) mass is 165 g/mol. The predicted molar refractivity (Wildman–Crippen MR) is 44.1 cm³/mol. The van der Waals surface area contributed by atoms with Crippen molar-refractivity contribution in [1.29, 1.82) is 5.41 Å². The molecule has 0 aromatic carbocycles.